The van der Waals surface area contributed by atoms with Gasteiger partial charge in [-0.25, -0.2) is 9.18 Å². The number of hydrogen-bond donors (Lipinski definition) is 4. The van der Waals surface area contributed by atoms with E-state index in [1.807, 2.05) is 0 Å². The molecule has 4 N–H and O–H groups in total. The number of hydrogen-bond acceptors (Lipinski definition) is 4. The normalized spacial score (nSPS) is 13.5. The molecule has 0 fully saturated rings. The predicted molar refractivity (Wildman–Crippen MR) is 96.2 cm³/mol. The highest BCUT2D eigenvalue weighted by molar-refractivity contribution is 7.20. The van der Waals surface area contributed by atoms with Crippen LogP contribution in [0.2, 0.25) is 0 Å². The Labute approximate surface area is 152 Å². The van der Waals surface area contributed by atoms with E-state index in [0.29, 0.717) is 21.3 Å². The summed E-state index contributed by atoms with van der Waals surface area (Å²) in [5.41, 5.74) is 1.77. The third-order valence-electron chi connectivity index (χ3n) is 4.12. The van der Waals surface area contributed by atoms with Crippen molar-refractivity contribution in [1.29, 1.82) is 0 Å². The van der Waals surface area contributed by atoms with E-state index in [0.717, 1.165) is 11.3 Å². The van der Waals surface area contributed by atoms with E-state index >= 15 is 0 Å². The molecule has 2 aromatic heterocycles. The van der Waals surface area contributed by atoms with Gasteiger partial charge < -0.3 is 20.5 Å². The van der Waals surface area contributed by atoms with Crippen LogP contribution in [-0.4, -0.2) is 33.1 Å². The maximum absolute atomic E-state index is 13.4. The summed E-state index contributed by atoms with van der Waals surface area (Å²) in [5.74, 6) is -1.79. The molecule has 3 rings (SSSR count). The van der Waals surface area contributed by atoms with Crippen LogP contribution in [0.5, 0.6) is 0 Å². The Morgan fingerprint density at radius 3 is 2.62 bits per heavy atom. The predicted octanol–water partition coefficient (Wildman–Crippen LogP) is 3.23. The number of aromatic nitrogens is 1. The number of amides is 1. The quantitative estimate of drug-likeness (QED) is 0.549. The van der Waals surface area contributed by atoms with Crippen LogP contribution in [-0.2, 0) is 0 Å². The second-order valence-corrected chi connectivity index (χ2v) is 7.18. The summed E-state index contributed by atoms with van der Waals surface area (Å²) in [5, 5.41) is 22.1. The standard InChI is InChI=1S/C18H17FN2O4S/c1-8-5-10(3-4-11(8)19)16(22)9(2)20-17(23)13-7-14-12(21-13)6-15(26-14)18(24)25/h3-7,9,16,21-22H,1-2H3,(H,20,23)(H,24,25). The van der Waals surface area contributed by atoms with Crippen LogP contribution in [0.25, 0.3) is 10.2 Å². The van der Waals surface area contributed by atoms with Gasteiger partial charge in [-0.1, -0.05) is 12.1 Å². The molecular weight excluding hydrogens is 359 g/mol. The zero-order valence-corrected chi connectivity index (χ0v) is 14.9. The molecule has 0 radical (unpaired) electrons. The van der Waals surface area contributed by atoms with E-state index in [1.165, 1.54) is 18.2 Å². The zero-order valence-electron chi connectivity index (χ0n) is 14.0. The third kappa shape index (κ3) is 3.47. The third-order valence-corrected chi connectivity index (χ3v) is 5.19. The highest BCUT2D eigenvalue weighted by Gasteiger charge is 2.21. The molecule has 0 saturated carbocycles. The van der Waals surface area contributed by atoms with Gasteiger partial charge in [-0.15, -0.1) is 11.3 Å². The molecule has 1 amide bonds. The summed E-state index contributed by atoms with van der Waals surface area (Å²) < 4.78 is 14.0. The molecule has 2 heterocycles. The van der Waals surface area contributed by atoms with Gasteiger partial charge in [0.15, 0.2) is 0 Å². The number of thiophene rings is 1. The first kappa shape index (κ1) is 18.1. The number of aliphatic hydroxyl groups is 1. The lowest BCUT2D eigenvalue weighted by atomic mass is 10.0. The minimum atomic E-state index is -1.02. The molecule has 0 aliphatic heterocycles. The monoisotopic (exact) mass is 376 g/mol. The van der Waals surface area contributed by atoms with E-state index in [-0.39, 0.29) is 16.4 Å². The number of carboxylic acid groups (broad SMARTS) is 1. The summed E-state index contributed by atoms with van der Waals surface area (Å²) in [6.07, 6.45) is -0.993. The number of carbonyl (C=O) groups excluding carboxylic acids is 1. The molecule has 2 atom stereocenters. The number of fused-ring (bicyclic) bond motifs is 1. The average Bonchev–Trinajstić information content (AvgIpc) is 3.15. The lowest BCUT2D eigenvalue weighted by Crippen LogP contribution is -2.37. The lowest BCUT2D eigenvalue weighted by molar-refractivity contribution is 0.0702. The van der Waals surface area contributed by atoms with Gasteiger partial charge in [0.05, 0.1) is 22.4 Å². The molecule has 0 bridgehead atoms. The molecule has 0 aliphatic rings. The Morgan fingerprint density at radius 2 is 2.00 bits per heavy atom. The minimum Gasteiger partial charge on any atom is -0.477 e. The molecular formula is C18H17FN2O4S. The number of aromatic carboxylic acids is 1. The van der Waals surface area contributed by atoms with Crippen LogP contribution in [0.1, 0.15) is 44.3 Å². The fourth-order valence-electron chi connectivity index (χ4n) is 2.65. The molecule has 8 heteroatoms. The highest BCUT2D eigenvalue weighted by atomic mass is 32.1. The van der Waals surface area contributed by atoms with Crippen molar-refractivity contribution in [1.82, 2.24) is 10.3 Å². The van der Waals surface area contributed by atoms with E-state index in [4.69, 9.17) is 5.11 Å². The fraction of sp³-hybridized carbons (Fsp3) is 0.222. The van der Waals surface area contributed by atoms with Crippen LogP contribution in [0.15, 0.2) is 30.3 Å². The Morgan fingerprint density at radius 1 is 1.27 bits per heavy atom. The Kier molecular flexibility index (Phi) is 4.80. The van der Waals surface area contributed by atoms with Crippen LogP contribution in [0.3, 0.4) is 0 Å². The number of aryl methyl sites for hydroxylation is 1. The first-order chi connectivity index (χ1) is 12.3. The summed E-state index contributed by atoms with van der Waals surface area (Å²) in [7, 11) is 0. The van der Waals surface area contributed by atoms with Gasteiger partial charge in [-0.05, 0) is 43.2 Å². The second kappa shape index (κ2) is 6.89. The molecule has 0 saturated heterocycles. The number of aliphatic hydroxyl groups excluding tert-OH is 1. The molecule has 0 spiro atoms. The number of carbonyl (C=O) groups is 2. The minimum absolute atomic E-state index is 0.189. The number of H-pyrrole nitrogens is 1. The van der Waals surface area contributed by atoms with Gasteiger partial charge in [0.1, 0.15) is 16.4 Å². The van der Waals surface area contributed by atoms with Crippen molar-refractivity contribution >= 4 is 33.4 Å². The van der Waals surface area contributed by atoms with Crippen LogP contribution in [0, 0.1) is 12.7 Å². The summed E-state index contributed by atoms with van der Waals surface area (Å²) >= 11 is 1.07. The van der Waals surface area contributed by atoms with Crippen LogP contribution >= 0.6 is 11.3 Å². The molecule has 136 valence electrons. The lowest BCUT2D eigenvalue weighted by Gasteiger charge is -2.20. The Balaban J connectivity index is 1.72. The molecule has 0 aliphatic carbocycles. The van der Waals surface area contributed by atoms with Gasteiger partial charge in [-0.2, -0.15) is 0 Å². The molecule has 6 nitrogen and oxygen atoms in total. The SMILES string of the molecule is Cc1cc(C(O)C(C)NC(=O)c2cc3sc(C(=O)O)cc3[nH]2)ccc1F. The first-order valence-electron chi connectivity index (χ1n) is 7.87. The largest absolute Gasteiger partial charge is 0.477 e. The van der Waals surface area contributed by atoms with Gasteiger partial charge >= 0.3 is 5.97 Å². The second-order valence-electron chi connectivity index (χ2n) is 6.09. The Hall–Kier alpha value is -2.71. The molecule has 26 heavy (non-hydrogen) atoms. The van der Waals surface area contributed by atoms with Crippen LogP contribution in [0.4, 0.5) is 4.39 Å². The van der Waals surface area contributed by atoms with Crippen molar-refractivity contribution in [3.05, 3.63) is 57.8 Å². The van der Waals surface area contributed by atoms with E-state index in [1.54, 1.807) is 26.0 Å². The fourth-order valence-corrected chi connectivity index (χ4v) is 3.55. The molecule has 1 aromatic carbocycles. The number of halogens is 1. The van der Waals surface area contributed by atoms with Gasteiger partial charge in [0.2, 0.25) is 0 Å². The topological polar surface area (TPSA) is 102 Å². The van der Waals surface area contributed by atoms with Crippen molar-refractivity contribution in [3.63, 3.8) is 0 Å². The van der Waals surface area contributed by atoms with Gasteiger partial charge in [0.25, 0.3) is 5.91 Å². The van der Waals surface area contributed by atoms with Crippen molar-refractivity contribution in [2.45, 2.75) is 26.0 Å². The summed E-state index contributed by atoms with van der Waals surface area (Å²) in [6.45, 7) is 3.25. The number of benzene rings is 1. The van der Waals surface area contributed by atoms with Crippen molar-refractivity contribution in [2.75, 3.05) is 0 Å². The van der Waals surface area contributed by atoms with E-state index in [9.17, 15) is 19.1 Å². The summed E-state index contributed by atoms with van der Waals surface area (Å²) in [6, 6.07) is 6.74. The van der Waals surface area contributed by atoms with Crippen molar-refractivity contribution in [3.8, 4) is 0 Å². The molecule has 2 unspecified atom stereocenters. The number of carboxylic acids is 1. The molecule has 3 aromatic rings. The highest BCUT2D eigenvalue weighted by Crippen LogP contribution is 2.26. The van der Waals surface area contributed by atoms with Crippen LogP contribution < -0.4 is 5.32 Å². The Bertz CT molecular complexity index is 963. The average molecular weight is 376 g/mol. The van der Waals surface area contributed by atoms with Crippen molar-refractivity contribution in [2.24, 2.45) is 0 Å². The first-order valence-corrected chi connectivity index (χ1v) is 8.68. The maximum Gasteiger partial charge on any atom is 0.345 e. The van der Waals surface area contributed by atoms with E-state index < -0.39 is 24.0 Å². The summed E-state index contributed by atoms with van der Waals surface area (Å²) in [4.78, 5) is 26.4. The van der Waals surface area contributed by atoms with Crippen molar-refractivity contribution < 1.29 is 24.2 Å². The van der Waals surface area contributed by atoms with Gasteiger partial charge in [0, 0.05) is 0 Å². The van der Waals surface area contributed by atoms with Gasteiger partial charge in [-0.3, -0.25) is 4.79 Å². The number of aromatic amines is 1. The van der Waals surface area contributed by atoms with E-state index in [2.05, 4.69) is 10.3 Å². The smallest absolute Gasteiger partial charge is 0.345 e. The number of nitrogens with one attached hydrogen (secondary N) is 2. The zero-order chi connectivity index (χ0) is 19.0. The maximum atomic E-state index is 13.4. The number of rotatable bonds is 5.